The Bertz CT molecular complexity index is 925. The van der Waals surface area contributed by atoms with Crippen LogP contribution in [-0.4, -0.2) is 47.2 Å². The molecule has 3 saturated heterocycles. The number of benzene rings is 1. The molecule has 3 aliphatic heterocycles. The van der Waals surface area contributed by atoms with Crippen molar-refractivity contribution in [1.82, 2.24) is 9.55 Å². The second-order valence-corrected chi connectivity index (χ2v) is 6.85. The minimum absolute atomic E-state index is 0.288. The maximum Gasteiger partial charge on any atom is 0.328 e. The highest BCUT2D eigenvalue weighted by atomic mass is 16.7. The van der Waals surface area contributed by atoms with Crippen molar-refractivity contribution >= 4 is 0 Å². The van der Waals surface area contributed by atoms with E-state index in [0.29, 0.717) is 13.2 Å². The van der Waals surface area contributed by atoms with Crippen molar-refractivity contribution in [2.75, 3.05) is 19.8 Å². The fourth-order valence-electron chi connectivity index (χ4n) is 3.96. The second kappa shape index (κ2) is 5.88. The molecule has 4 heterocycles. The molecule has 5 rings (SSSR count). The van der Waals surface area contributed by atoms with Gasteiger partial charge in [0.2, 0.25) is 0 Å². The molecular formula is C18H18N2O6. The van der Waals surface area contributed by atoms with Crippen LogP contribution in [0.25, 0.3) is 0 Å². The molecule has 3 aliphatic rings. The summed E-state index contributed by atoms with van der Waals surface area (Å²) in [5.41, 5.74) is -0.653. The summed E-state index contributed by atoms with van der Waals surface area (Å²) in [5.74, 6) is 0. The quantitative estimate of drug-likeness (QED) is 0.833. The normalized spacial score (nSPS) is 35.8. The Morgan fingerprint density at radius 1 is 1.08 bits per heavy atom. The average Bonchev–Trinajstić information content (AvgIpc) is 2.93. The molecule has 1 aromatic carbocycles. The largest absolute Gasteiger partial charge is 0.370 e. The van der Waals surface area contributed by atoms with E-state index in [4.69, 9.17) is 18.9 Å². The van der Waals surface area contributed by atoms with Crippen LogP contribution in [0.15, 0.2) is 52.2 Å². The molecular weight excluding hydrogens is 340 g/mol. The van der Waals surface area contributed by atoms with Gasteiger partial charge in [-0.2, -0.15) is 0 Å². The Labute approximate surface area is 148 Å². The molecule has 0 aliphatic carbocycles. The van der Waals surface area contributed by atoms with Gasteiger partial charge in [-0.05, 0) is 0 Å². The first-order valence-corrected chi connectivity index (χ1v) is 8.55. The SMILES string of the molecule is O=c1ccn([C@@H]2CO[C@]34CO[C@@H](c5ccccc5)O[C@H]3[C@H]2OC4)c(=O)[nH]1. The molecule has 8 heteroatoms. The third kappa shape index (κ3) is 2.38. The topological polar surface area (TPSA) is 91.8 Å². The Morgan fingerprint density at radius 2 is 1.88 bits per heavy atom. The van der Waals surface area contributed by atoms with Crippen molar-refractivity contribution in [2.45, 2.75) is 30.1 Å². The summed E-state index contributed by atoms with van der Waals surface area (Å²) in [6.45, 7) is 0.995. The summed E-state index contributed by atoms with van der Waals surface area (Å²) >= 11 is 0. The summed E-state index contributed by atoms with van der Waals surface area (Å²) in [4.78, 5) is 25.8. The van der Waals surface area contributed by atoms with Crippen molar-refractivity contribution in [3.63, 3.8) is 0 Å². The van der Waals surface area contributed by atoms with E-state index in [1.54, 1.807) is 0 Å². The highest BCUT2D eigenvalue weighted by Gasteiger charge is 2.61. The van der Waals surface area contributed by atoms with Crippen LogP contribution in [0.3, 0.4) is 0 Å². The second-order valence-electron chi connectivity index (χ2n) is 6.85. The van der Waals surface area contributed by atoms with Crippen molar-refractivity contribution < 1.29 is 18.9 Å². The van der Waals surface area contributed by atoms with Gasteiger partial charge < -0.3 is 18.9 Å². The molecule has 26 heavy (non-hydrogen) atoms. The van der Waals surface area contributed by atoms with E-state index < -0.39 is 23.1 Å². The molecule has 1 N–H and O–H groups in total. The van der Waals surface area contributed by atoms with Gasteiger partial charge in [0, 0.05) is 17.8 Å². The first-order chi connectivity index (χ1) is 12.7. The van der Waals surface area contributed by atoms with Crippen LogP contribution in [0.1, 0.15) is 17.9 Å². The Hall–Kier alpha value is -2.26. The van der Waals surface area contributed by atoms with E-state index in [0.717, 1.165) is 5.56 Å². The molecule has 2 aromatic rings. The van der Waals surface area contributed by atoms with Gasteiger partial charge in [0.15, 0.2) is 6.29 Å². The number of aromatic amines is 1. The number of nitrogens with zero attached hydrogens (tertiary/aromatic N) is 1. The van der Waals surface area contributed by atoms with E-state index in [1.807, 2.05) is 30.3 Å². The van der Waals surface area contributed by atoms with Crippen LogP contribution in [-0.2, 0) is 18.9 Å². The van der Waals surface area contributed by atoms with Crippen LogP contribution in [0.2, 0.25) is 0 Å². The zero-order chi connectivity index (χ0) is 17.7. The third-order valence-electron chi connectivity index (χ3n) is 5.29. The van der Waals surface area contributed by atoms with E-state index in [1.165, 1.54) is 16.8 Å². The van der Waals surface area contributed by atoms with Gasteiger partial charge in [-0.3, -0.25) is 14.3 Å². The van der Waals surface area contributed by atoms with Crippen molar-refractivity contribution in [3.05, 3.63) is 69.0 Å². The minimum Gasteiger partial charge on any atom is -0.370 e. The predicted octanol–water partition coefficient (Wildman–Crippen LogP) is 0.360. The summed E-state index contributed by atoms with van der Waals surface area (Å²) < 4.78 is 25.6. The molecule has 136 valence electrons. The third-order valence-corrected chi connectivity index (χ3v) is 5.29. The summed E-state index contributed by atoms with van der Waals surface area (Å²) in [7, 11) is 0. The highest BCUT2D eigenvalue weighted by Crippen LogP contribution is 2.46. The monoisotopic (exact) mass is 358 g/mol. The zero-order valence-electron chi connectivity index (χ0n) is 13.9. The lowest BCUT2D eigenvalue weighted by atomic mass is 9.89. The number of aromatic nitrogens is 2. The maximum atomic E-state index is 12.2. The summed E-state index contributed by atoms with van der Waals surface area (Å²) in [6.07, 6.45) is 0.243. The molecule has 0 amide bonds. The van der Waals surface area contributed by atoms with Gasteiger partial charge in [-0.25, -0.2) is 4.79 Å². The number of H-pyrrole nitrogens is 1. The first-order valence-electron chi connectivity index (χ1n) is 8.55. The minimum atomic E-state index is -0.655. The van der Waals surface area contributed by atoms with E-state index in [2.05, 4.69) is 4.98 Å². The van der Waals surface area contributed by atoms with E-state index >= 15 is 0 Å². The van der Waals surface area contributed by atoms with E-state index in [-0.39, 0.29) is 24.9 Å². The van der Waals surface area contributed by atoms with Crippen LogP contribution >= 0.6 is 0 Å². The number of ether oxygens (including phenoxy) is 4. The van der Waals surface area contributed by atoms with Gasteiger partial charge >= 0.3 is 5.69 Å². The van der Waals surface area contributed by atoms with Crippen LogP contribution in [0.4, 0.5) is 0 Å². The molecule has 2 bridgehead atoms. The highest BCUT2D eigenvalue weighted by molar-refractivity contribution is 5.18. The number of hydrogen-bond acceptors (Lipinski definition) is 6. The van der Waals surface area contributed by atoms with Crippen LogP contribution in [0, 0.1) is 0 Å². The van der Waals surface area contributed by atoms with Gasteiger partial charge in [0.25, 0.3) is 5.56 Å². The molecule has 0 spiro atoms. The predicted molar refractivity (Wildman–Crippen MR) is 88.8 cm³/mol. The lowest BCUT2D eigenvalue weighted by Gasteiger charge is -2.46. The van der Waals surface area contributed by atoms with Crippen LogP contribution < -0.4 is 11.2 Å². The zero-order valence-corrected chi connectivity index (χ0v) is 13.9. The van der Waals surface area contributed by atoms with Gasteiger partial charge in [0.05, 0.1) is 25.9 Å². The fourth-order valence-corrected chi connectivity index (χ4v) is 3.96. The van der Waals surface area contributed by atoms with Gasteiger partial charge in [-0.1, -0.05) is 30.3 Å². The molecule has 0 unspecified atom stereocenters. The Balaban J connectivity index is 1.46. The van der Waals surface area contributed by atoms with Crippen molar-refractivity contribution in [1.29, 1.82) is 0 Å². The average molecular weight is 358 g/mol. The van der Waals surface area contributed by atoms with Gasteiger partial charge in [0.1, 0.15) is 17.8 Å². The van der Waals surface area contributed by atoms with Crippen molar-refractivity contribution in [3.8, 4) is 0 Å². The maximum absolute atomic E-state index is 12.2. The summed E-state index contributed by atoms with van der Waals surface area (Å²) in [5, 5.41) is 0. The number of hydrogen-bond donors (Lipinski definition) is 1. The molecule has 1 aromatic heterocycles. The number of rotatable bonds is 2. The van der Waals surface area contributed by atoms with E-state index in [9.17, 15) is 9.59 Å². The molecule has 8 nitrogen and oxygen atoms in total. The lowest BCUT2D eigenvalue weighted by Crippen LogP contribution is -2.61. The number of nitrogens with one attached hydrogen (secondary N) is 1. The Morgan fingerprint density at radius 3 is 2.69 bits per heavy atom. The van der Waals surface area contributed by atoms with Gasteiger partial charge in [-0.15, -0.1) is 0 Å². The lowest BCUT2D eigenvalue weighted by molar-refractivity contribution is -0.311. The molecule has 5 atom stereocenters. The summed E-state index contributed by atoms with van der Waals surface area (Å²) in [6, 6.07) is 10.6. The van der Waals surface area contributed by atoms with Crippen molar-refractivity contribution in [2.24, 2.45) is 0 Å². The molecule has 0 saturated carbocycles. The first kappa shape index (κ1) is 16.0. The standard InChI is InChI=1S/C18H18N2O6/c21-13-6-7-20(17(22)19-13)12-8-25-18-9-23-14(12)15(18)26-16(24-10-18)11-4-2-1-3-5-11/h1-7,12,14-16H,8-10H2,(H,19,21,22)/t12-,14+,15+,16-,18-/m1/s1. The smallest absolute Gasteiger partial charge is 0.328 e. The van der Waals surface area contributed by atoms with Crippen LogP contribution in [0.5, 0.6) is 0 Å². The fraction of sp³-hybridized carbons (Fsp3) is 0.444. The Kier molecular flexibility index (Phi) is 3.61. The molecule has 0 radical (unpaired) electrons. The molecule has 3 fully saturated rings.